The normalized spacial score (nSPS) is 22.3. The Balaban J connectivity index is 2.18. The lowest BCUT2D eigenvalue weighted by Gasteiger charge is -2.24. The predicted octanol–water partition coefficient (Wildman–Crippen LogP) is 1.68. The molecular weight excluding hydrogens is 292 g/mol. The van der Waals surface area contributed by atoms with Crippen molar-refractivity contribution in [2.75, 3.05) is 5.32 Å². The third-order valence-electron chi connectivity index (χ3n) is 3.83. The van der Waals surface area contributed by atoms with Crippen LogP contribution in [0.15, 0.2) is 12.3 Å². The van der Waals surface area contributed by atoms with E-state index in [1.807, 2.05) is 0 Å². The van der Waals surface area contributed by atoms with E-state index in [0.29, 0.717) is 10.8 Å². The predicted molar refractivity (Wildman–Crippen MR) is 80.9 cm³/mol. The molecule has 1 aromatic rings. The van der Waals surface area contributed by atoms with Crippen LogP contribution in [0.25, 0.3) is 0 Å². The minimum Gasteiger partial charge on any atom is -0.369 e. The van der Waals surface area contributed by atoms with Gasteiger partial charge in [0.2, 0.25) is 11.8 Å². The fourth-order valence-corrected chi connectivity index (χ4v) is 2.90. The van der Waals surface area contributed by atoms with Gasteiger partial charge < -0.3 is 16.8 Å². The van der Waals surface area contributed by atoms with Crippen LogP contribution in [-0.4, -0.2) is 22.8 Å². The molecule has 2 rings (SSSR count). The first-order valence-corrected chi connectivity index (χ1v) is 7.38. The second-order valence-corrected chi connectivity index (χ2v) is 5.72. The van der Waals surface area contributed by atoms with Crippen molar-refractivity contribution in [3.8, 4) is 0 Å². The summed E-state index contributed by atoms with van der Waals surface area (Å²) in [5.41, 5.74) is 10.9. The number of aromatic nitrogens is 1. The molecule has 114 valence electrons. The summed E-state index contributed by atoms with van der Waals surface area (Å²) in [7, 11) is 0. The fraction of sp³-hybridized carbons (Fsp3) is 0.500. The molecule has 1 aromatic heterocycles. The maximum absolute atomic E-state index is 11.6. The summed E-state index contributed by atoms with van der Waals surface area (Å²) in [5, 5.41) is 3.50. The summed E-state index contributed by atoms with van der Waals surface area (Å²) in [6.45, 7) is 0. The van der Waals surface area contributed by atoms with Gasteiger partial charge in [0.15, 0.2) is 0 Å². The number of pyridine rings is 1. The van der Waals surface area contributed by atoms with Crippen LogP contribution in [0.2, 0.25) is 5.02 Å². The molecular formula is C14H19ClN4O2. The first-order valence-electron chi connectivity index (χ1n) is 7.00. The van der Waals surface area contributed by atoms with Crippen molar-refractivity contribution < 1.29 is 9.59 Å². The van der Waals surface area contributed by atoms with Crippen molar-refractivity contribution in [2.45, 2.75) is 38.1 Å². The number of nitrogens with one attached hydrogen (secondary N) is 1. The van der Waals surface area contributed by atoms with Crippen LogP contribution < -0.4 is 16.8 Å². The van der Waals surface area contributed by atoms with Gasteiger partial charge in [0, 0.05) is 12.2 Å². The molecule has 0 bridgehead atoms. The van der Waals surface area contributed by atoms with Crippen LogP contribution in [0.1, 0.15) is 42.5 Å². The van der Waals surface area contributed by atoms with Gasteiger partial charge in [-0.15, -0.1) is 0 Å². The molecule has 1 saturated carbocycles. The smallest absolute Gasteiger partial charge is 0.250 e. The Morgan fingerprint density at radius 1 is 1.24 bits per heavy atom. The highest BCUT2D eigenvalue weighted by molar-refractivity contribution is 6.33. The average molecular weight is 311 g/mol. The van der Waals surface area contributed by atoms with Crippen molar-refractivity contribution in [1.82, 2.24) is 4.98 Å². The number of carbonyl (C=O) groups excluding carboxylic acids is 2. The standard InChI is InChI=1S/C14H19ClN4O2/c15-10-6-8(12(16)20)7-18-14(10)19-11-5-3-1-2-4-9(11)13(17)21/h6-7,9,11H,1-5H2,(H2,16,20)(H2,17,21)(H,18,19). The topological polar surface area (TPSA) is 111 Å². The zero-order chi connectivity index (χ0) is 15.4. The molecule has 1 aliphatic carbocycles. The van der Waals surface area contributed by atoms with E-state index in [-0.39, 0.29) is 23.4 Å². The summed E-state index contributed by atoms with van der Waals surface area (Å²) < 4.78 is 0. The molecule has 0 spiro atoms. The van der Waals surface area contributed by atoms with E-state index in [1.54, 1.807) is 0 Å². The first kappa shape index (κ1) is 15.6. The van der Waals surface area contributed by atoms with Gasteiger partial charge in [-0.3, -0.25) is 9.59 Å². The number of nitrogens with two attached hydrogens (primary N) is 2. The highest BCUT2D eigenvalue weighted by Gasteiger charge is 2.28. The van der Waals surface area contributed by atoms with E-state index in [9.17, 15) is 9.59 Å². The van der Waals surface area contributed by atoms with Gasteiger partial charge in [-0.1, -0.05) is 30.9 Å². The number of amides is 2. The monoisotopic (exact) mass is 310 g/mol. The summed E-state index contributed by atoms with van der Waals surface area (Å²) in [6.07, 6.45) is 6.08. The third kappa shape index (κ3) is 3.85. The second kappa shape index (κ2) is 6.76. The summed E-state index contributed by atoms with van der Waals surface area (Å²) in [5.74, 6) is -0.680. The molecule has 2 atom stereocenters. The van der Waals surface area contributed by atoms with Gasteiger partial charge in [-0.05, 0) is 18.9 Å². The molecule has 5 N–H and O–H groups in total. The van der Waals surface area contributed by atoms with Crippen LogP contribution in [0, 0.1) is 5.92 Å². The molecule has 0 aliphatic heterocycles. The fourth-order valence-electron chi connectivity index (χ4n) is 2.68. The van der Waals surface area contributed by atoms with Crippen LogP contribution in [0.3, 0.4) is 0 Å². The lowest BCUT2D eigenvalue weighted by molar-refractivity contribution is -0.122. The van der Waals surface area contributed by atoms with E-state index in [0.717, 1.165) is 32.1 Å². The quantitative estimate of drug-likeness (QED) is 0.734. The van der Waals surface area contributed by atoms with Crippen molar-refractivity contribution in [3.05, 3.63) is 22.8 Å². The van der Waals surface area contributed by atoms with Crippen molar-refractivity contribution in [2.24, 2.45) is 17.4 Å². The number of carbonyl (C=O) groups is 2. The molecule has 0 radical (unpaired) electrons. The molecule has 21 heavy (non-hydrogen) atoms. The molecule has 1 heterocycles. The average Bonchev–Trinajstić information content (AvgIpc) is 2.66. The van der Waals surface area contributed by atoms with Crippen molar-refractivity contribution in [1.29, 1.82) is 0 Å². The van der Waals surface area contributed by atoms with Gasteiger partial charge in [0.1, 0.15) is 5.82 Å². The van der Waals surface area contributed by atoms with Crippen molar-refractivity contribution in [3.63, 3.8) is 0 Å². The Kier molecular flexibility index (Phi) is 5.01. The largest absolute Gasteiger partial charge is 0.369 e. The Labute approximate surface area is 128 Å². The van der Waals surface area contributed by atoms with Crippen LogP contribution >= 0.6 is 11.6 Å². The Bertz CT molecular complexity index is 550. The zero-order valence-electron chi connectivity index (χ0n) is 11.6. The molecule has 2 unspecified atom stereocenters. The van der Waals surface area contributed by atoms with E-state index in [2.05, 4.69) is 10.3 Å². The number of primary amides is 2. The van der Waals surface area contributed by atoms with Gasteiger partial charge in [-0.25, -0.2) is 4.98 Å². The van der Waals surface area contributed by atoms with E-state index >= 15 is 0 Å². The molecule has 6 nitrogen and oxygen atoms in total. The second-order valence-electron chi connectivity index (χ2n) is 5.32. The number of nitrogens with zero attached hydrogens (tertiary/aromatic N) is 1. The lowest BCUT2D eigenvalue weighted by Crippen LogP contribution is -2.38. The van der Waals surface area contributed by atoms with E-state index < -0.39 is 5.91 Å². The Morgan fingerprint density at radius 2 is 1.95 bits per heavy atom. The van der Waals surface area contributed by atoms with Crippen LogP contribution in [0.5, 0.6) is 0 Å². The summed E-state index contributed by atoms with van der Waals surface area (Å²) >= 11 is 6.11. The van der Waals surface area contributed by atoms with Crippen LogP contribution in [0.4, 0.5) is 5.82 Å². The third-order valence-corrected chi connectivity index (χ3v) is 4.12. The lowest BCUT2D eigenvalue weighted by atomic mass is 9.94. The number of hydrogen-bond donors (Lipinski definition) is 3. The molecule has 0 aromatic carbocycles. The minimum absolute atomic E-state index is 0.0885. The van der Waals surface area contributed by atoms with Crippen LogP contribution in [-0.2, 0) is 4.79 Å². The molecule has 7 heteroatoms. The van der Waals surface area contributed by atoms with Gasteiger partial charge in [-0.2, -0.15) is 0 Å². The zero-order valence-corrected chi connectivity index (χ0v) is 12.4. The SMILES string of the molecule is NC(=O)c1cnc(NC2CCCCCC2C(N)=O)c(Cl)c1. The number of rotatable bonds is 4. The first-order chi connectivity index (χ1) is 9.99. The Hall–Kier alpha value is -1.82. The van der Waals surface area contributed by atoms with Gasteiger partial charge in [0.25, 0.3) is 0 Å². The van der Waals surface area contributed by atoms with E-state index in [4.69, 9.17) is 23.1 Å². The molecule has 2 amide bonds. The molecule has 1 fully saturated rings. The van der Waals surface area contributed by atoms with Gasteiger partial charge >= 0.3 is 0 Å². The molecule has 1 aliphatic rings. The van der Waals surface area contributed by atoms with Crippen molar-refractivity contribution >= 4 is 29.2 Å². The van der Waals surface area contributed by atoms with Gasteiger partial charge in [0.05, 0.1) is 16.5 Å². The summed E-state index contributed by atoms with van der Waals surface area (Å²) in [4.78, 5) is 26.8. The van der Waals surface area contributed by atoms with E-state index in [1.165, 1.54) is 12.3 Å². The Morgan fingerprint density at radius 3 is 2.57 bits per heavy atom. The number of halogens is 1. The maximum Gasteiger partial charge on any atom is 0.250 e. The molecule has 0 saturated heterocycles. The maximum atomic E-state index is 11.6. The summed E-state index contributed by atoms with van der Waals surface area (Å²) in [6, 6.07) is 1.38. The minimum atomic E-state index is -0.583. The highest BCUT2D eigenvalue weighted by Crippen LogP contribution is 2.28. The number of hydrogen-bond acceptors (Lipinski definition) is 4. The highest BCUT2D eigenvalue weighted by atomic mass is 35.5. The number of anilines is 1.